The van der Waals surface area contributed by atoms with Gasteiger partial charge in [-0.05, 0) is 37.6 Å². The lowest BCUT2D eigenvalue weighted by Gasteiger charge is -2.22. The van der Waals surface area contributed by atoms with Crippen molar-refractivity contribution in [2.75, 3.05) is 17.2 Å². The summed E-state index contributed by atoms with van der Waals surface area (Å²) in [6.07, 6.45) is 4.47. The first-order valence-electron chi connectivity index (χ1n) is 9.69. The molecule has 1 aliphatic rings. The maximum Gasteiger partial charge on any atom is 0.237 e. The first-order chi connectivity index (χ1) is 14.2. The molecule has 6 nitrogen and oxygen atoms in total. The van der Waals surface area contributed by atoms with Crippen molar-refractivity contribution in [3.8, 4) is 11.4 Å². The number of hydrogen-bond donors (Lipinski definition) is 0. The largest absolute Gasteiger partial charge is 0.311 e. The van der Waals surface area contributed by atoms with Crippen molar-refractivity contribution in [3.05, 3.63) is 48.8 Å². The van der Waals surface area contributed by atoms with Gasteiger partial charge in [-0.2, -0.15) is 0 Å². The van der Waals surface area contributed by atoms with E-state index in [1.165, 1.54) is 16.7 Å². The molecule has 0 spiro atoms. The predicted octanol–water partition coefficient (Wildman–Crippen LogP) is 4.37. The molecule has 2 aromatic heterocycles. The second kappa shape index (κ2) is 9.00. The Morgan fingerprint density at radius 2 is 2.00 bits per heavy atom. The lowest BCUT2D eigenvalue weighted by molar-refractivity contribution is -0.116. The highest BCUT2D eigenvalue weighted by Crippen LogP contribution is 2.37. The Morgan fingerprint density at radius 3 is 2.79 bits per heavy atom. The molecule has 0 saturated heterocycles. The number of thioether (sulfide) groups is 2. The van der Waals surface area contributed by atoms with Gasteiger partial charge in [-0.25, -0.2) is 0 Å². The zero-order chi connectivity index (χ0) is 20.2. The van der Waals surface area contributed by atoms with Gasteiger partial charge in [0, 0.05) is 41.2 Å². The Morgan fingerprint density at radius 1 is 1.21 bits per heavy atom. The Kier molecular flexibility index (Phi) is 6.20. The van der Waals surface area contributed by atoms with Crippen molar-refractivity contribution >= 4 is 35.1 Å². The van der Waals surface area contributed by atoms with E-state index in [4.69, 9.17) is 0 Å². The first kappa shape index (κ1) is 20.0. The van der Waals surface area contributed by atoms with Crippen LogP contribution in [0.5, 0.6) is 0 Å². The highest BCUT2D eigenvalue weighted by molar-refractivity contribution is 8.00. The molecule has 0 bridgehead atoms. The number of carbonyl (C=O) groups is 1. The third-order valence-electron chi connectivity index (χ3n) is 4.84. The number of hydrogen-bond acceptors (Lipinski definition) is 6. The molecule has 1 unspecified atom stereocenters. The minimum Gasteiger partial charge on any atom is -0.311 e. The molecule has 0 aliphatic carbocycles. The molecule has 150 valence electrons. The van der Waals surface area contributed by atoms with Crippen LogP contribution in [0, 0.1) is 0 Å². The monoisotopic (exact) mass is 425 g/mol. The van der Waals surface area contributed by atoms with Crippen molar-refractivity contribution in [3.63, 3.8) is 0 Å². The topological polar surface area (TPSA) is 63.9 Å². The summed E-state index contributed by atoms with van der Waals surface area (Å²) < 4.78 is 2.04. The third-order valence-corrected chi connectivity index (χ3v) is 7.03. The minimum absolute atomic E-state index is 0.105. The van der Waals surface area contributed by atoms with Crippen LogP contribution >= 0.6 is 23.5 Å². The smallest absolute Gasteiger partial charge is 0.237 e. The maximum absolute atomic E-state index is 13.1. The number of amides is 1. The number of carbonyl (C=O) groups excluding carboxylic acids is 1. The van der Waals surface area contributed by atoms with E-state index in [9.17, 15) is 4.79 Å². The molecule has 3 aromatic rings. The van der Waals surface area contributed by atoms with Crippen molar-refractivity contribution in [1.29, 1.82) is 0 Å². The van der Waals surface area contributed by atoms with Gasteiger partial charge >= 0.3 is 0 Å². The average molecular weight is 426 g/mol. The predicted molar refractivity (Wildman–Crippen MR) is 118 cm³/mol. The van der Waals surface area contributed by atoms with Crippen LogP contribution in [0.3, 0.4) is 0 Å². The quantitative estimate of drug-likeness (QED) is 0.566. The molecule has 29 heavy (non-hydrogen) atoms. The van der Waals surface area contributed by atoms with Gasteiger partial charge in [0.2, 0.25) is 5.91 Å². The number of pyridine rings is 1. The molecule has 0 radical (unpaired) electrons. The first-order valence-corrected chi connectivity index (χ1v) is 11.6. The normalized spacial score (nSPS) is 16.3. The number of anilines is 1. The highest BCUT2D eigenvalue weighted by Gasteiger charge is 2.24. The maximum atomic E-state index is 13.1. The van der Waals surface area contributed by atoms with Gasteiger partial charge in [0.05, 0.1) is 11.4 Å². The number of rotatable bonds is 5. The summed E-state index contributed by atoms with van der Waals surface area (Å²) in [5, 5.41) is 9.94. The van der Waals surface area contributed by atoms with Crippen LogP contribution in [0.1, 0.15) is 20.3 Å². The van der Waals surface area contributed by atoms with Crippen molar-refractivity contribution in [2.45, 2.75) is 42.1 Å². The van der Waals surface area contributed by atoms with E-state index in [0.29, 0.717) is 11.0 Å². The summed E-state index contributed by atoms with van der Waals surface area (Å²) in [6, 6.07) is 12.0. The van der Waals surface area contributed by atoms with E-state index in [2.05, 4.69) is 35.1 Å². The molecule has 1 aliphatic heterocycles. The van der Waals surface area contributed by atoms with Crippen LogP contribution < -0.4 is 4.90 Å². The SMILES string of the molecule is CCn1c(SCC(=O)N2CCC(C)Sc3ccccc32)nnc1-c1ccncc1. The summed E-state index contributed by atoms with van der Waals surface area (Å²) in [5.41, 5.74) is 1.99. The Bertz CT molecular complexity index is 992. The van der Waals surface area contributed by atoms with Crippen LogP contribution in [0.25, 0.3) is 11.4 Å². The molecule has 0 fully saturated rings. The highest BCUT2D eigenvalue weighted by atomic mass is 32.2. The second-order valence-corrected chi connectivity index (χ2v) is 9.23. The Hall–Kier alpha value is -2.32. The summed E-state index contributed by atoms with van der Waals surface area (Å²) in [7, 11) is 0. The van der Waals surface area contributed by atoms with E-state index in [-0.39, 0.29) is 5.91 Å². The number of para-hydroxylation sites is 1. The average Bonchev–Trinajstić information content (AvgIpc) is 3.08. The van der Waals surface area contributed by atoms with Crippen LogP contribution in [0.4, 0.5) is 5.69 Å². The van der Waals surface area contributed by atoms with Gasteiger partial charge in [-0.1, -0.05) is 30.8 Å². The van der Waals surface area contributed by atoms with Gasteiger partial charge in [0.15, 0.2) is 11.0 Å². The Labute approximate surface area is 179 Å². The van der Waals surface area contributed by atoms with E-state index in [1.807, 2.05) is 51.6 Å². The molecule has 1 atom stereocenters. The molecule has 0 N–H and O–H groups in total. The molecule has 0 saturated carbocycles. The molecule has 1 aromatic carbocycles. The van der Waals surface area contributed by atoms with Gasteiger partial charge in [-0.3, -0.25) is 9.78 Å². The van der Waals surface area contributed by atoms with Crippen molar-refractivity contribution in [1.82, 2.24) is 19.7 Å². The minimum atomic E-state index is 0.105. The van der Waals surface area contributed by atoms with Crippen LogP contribution in [-0.4, -0.2) is 43.2 Å². The third kappa shape index (κ3) is 4.33. The number of fused-ring (bicyclic) bond motifs is 1. The summed E-state index contributed by atoms with van der Waals surface area (Å²) in [5.74, 6) is 1.24. The van der Waals surface area contributed by atoms with Gasteiger partial charge in [-0.15, -0.1) is 22.0 Å². The van der Waals surface area contributed by atoms with Crippen LogP contribution in [-0.2, 0) is 11.3 Å². The zero-order valence-electron chi connectivity index (χ0n) is 16.5. The lowest BCUT2D eigenvalue weighted by atomic mass is 10.2. The van der Waals surface area contributed by atoms with E-state index >= 15 is 0 Å². The van der Waals surface area contributed by atoms with E-state index in [1.54, 1.807) is 12.4 Å². The fourth-order valence-electron chi connectivity index (χ4n) is 3.35. The van der Waals surface area contributed by atoms with Crippen molar-refractivity contribution < 1.29 is 4.79 Å². The summed E-state index contributed by atoms with van der Waals surface area (Å²) in [4.78, 5) is 20.3. The van der Waals surface area contributed by atoms with E-state index < -0.39 is 0 Å². The van der Waals surface area contributed by atoms with Gasteiger partial charge in [0.25, 0.3) is 0 Å². The molecule has 4 rings (SSSR count). The van der Waals surface area contributed by atoms with Gasteiger partial charge < -0.3 is 9.47 Å². The Balaban J connectivity index is 1.51. The summed E-state index contributed by atoms with van der Waals surface area (Å²) >= 11 is 3.29. The summed E-state index contributed by atoms with van der Waals surface area (Å²) in [6.45, 7) is 5.76. The fraction of sp³-hybridized carbons (Fsp3) is 0.333. The number of nitrogens with zero attached hydrogens (tertiary/aromatic N) is 5. The van der Waals surface area contributed by atoms with Gasteiger partial charge in [0.1, 0.15) is 0 Å². The standard InChI is InChI=1S/C21H23N5OS2/c1-3-25-20(16-8-11-22-12-9-16)23-24-21(25)28-14-19(27)26-13-10-15(2)29-18-7-5-4-6-17(18)26/h4-9,11-12,15H,3,10,13-14H2,1-2H3. The van der Waals surface area contributed by atoms with Crippen LogP contribution in [0.2, 0.25) is 0 Å². The molecule has 3 heterocycles. The number of aromatic nitrogens is 4. The molecular weight excluding hydrogens is 402 g/mol. The molecular formula is C21H23N5OS2. The fourth-order valence-corrected chi connectivity index (χ4v) is 5.34. The van der Waals surface area contributed by atoms with Crippen molar-refractivity contribution in [2.24, 2.45) is 0 Å². The van der Waals surface area contributed by atoms with E-state index in [0.717, 1.165) is 41.7 Å². The number of benzene rings is 1. The second-order valence-electron chi connectivity index (χ2n) is 6.81. The zero-order valence-corrected chi connectivity index (χ0v) is 18.1. The lowest BCUT2D eigenvalue weighted by Crippen LogP contribution is -2.33. The van der Waals surface area contributed by atoms with Crippen LogP contribution in [0.15, 0.2) is 58.8 Å². The molecule has 8 heteroatoms. The molecule has 1 amide bonds.